The SMILES string of the molecule is CC(C)NC(=O)c1cnn2c1N[C@@H](c1cccs1)C[C@H]2C(F)(F)F. The molecule has 0 aliphatic carbocycles. The maximum atomic E-state index is 13.5. The van der Waals surface area contributed by atoms with E-state index in [2.05, 4.69) is 15.7 Å². The highest BCUT2D eigenvalue weighted by Gasteiger charge is 2.47. The first kappa shape index (κ1) is 16.8. The Kier molecular flexibility index (Phi) is 4.29. The molecule has 9 heteroatoms. The van der Waals surface area contributed by atoms with Gasteiger partial charge in [0.2, 0.25) is 0 Å². The van der Waals surface area contributed by atoms with Gasteiger partial charge < -0.3 is 10.6 Å². The number of hydrogen-bond acceptors (Lipinski definition) is 4. The fourth-order valence-corrected chi connectivity index (χ4v) is 3.54. The summed E-state index contributed by atoms with van der Waals surface area (Å²) >= 11 is 1.38. The lowest BCUT2D eigenvalue weighted by Crippen LogP contribution is -2.37. The number of carbonyl (C=O) groups excluding carboxylic acids is 1. The monoisotopic (exact) mass is 358 g/mol. The molecule has 2 N–H and O–H groups in total. The molecule has 0 radical (unpaired) electrons. The average Bonchev–Trinajstić information content (AvgIpc) is 3.13. The fraction of sp³-hybridized carbons (Fsp3) is 0.467. The minimum absolute atomic E-state index is 0.111. The third-order valence-electron chi connectivity index (χ3n) is 3.79. The first-order chi connectivity index (χ1) is 11.3. The Hall–Kier alpha value is -2.03. The van der Waals surface area contributed by atoms with Crippen molar-refractivity contribution in [2.75, 3.05) is 5.32 Å². The smallest absolute Gasteiger partial charge is 0.362 e. The third-order valence-corrected chi connectivity index (χ3v) is 4.78. The van der Waals surface area contributed by atoms with Gasteiger partial charge in [0.1, 0.15) is 11.4 Å². The van der Waals surface area contributed by atoms with E-state index in [-0.39, 0.29) is 23.8 Å². The van der Waals surface area contributed by atoms with Gasteiger partial charge in [-0.15, -0.1) is 11.3 Å². The van der Waals surface area contributed by atoms with Crippen LogP contribution in [0.2, 0.25) is 0 Å². The number of alkyl halides is 3. The standard InChI is InChI=1S/C15H17F3N4OS/c1-8(2)20-14(23)9-7-19-22-12(15(16,17)18)6-10(21-13(9)22)11-4-3-5-24-11/h3-5,7-8,10,12,21H,6H2,1-2H3,(H,20,23)/t10-,12+/m1/s1. The summed E-state index contributed by atoms with van der Waals surface area (Å²) in [5.74, 6) is -0.327. The van der Waals surface area contributed by atoms with Gasteiger partial charge in [-0.2, -0.15) is 18.3 Å². The zero-order chi connectivity index (χ0) is 17.5. The molecule has 24 heavy (non-hydrogen) atoms. The second-order valence-corrected chi connectivity index (χ2v) is 6.96. The highest BCUT2D eigenvalue weighted by molar-refractivity contribution is 7.10. The zero-order valence-corrected chi connectivity index (χ0v) is 13.9. The Morgan fingerprint density at radius 2 is 2.25 bits per heavy atom. The molecule has 3 rings (SSSR count). The van der Waals surface area contributed by atoms with Gasteiger partial charge in [-0.3, -0.25) is 4.79 Å². The van der Waals surface area contributed by atoms with E-state index in [9.17, 15) is 18.0 Å². The predicted octanol–water partition coefficient (Wildman–Crippen LogP) is 3.74. The van der Waals surface area contributed by atoms with Crippen LogP contribution in [-0.4, -0.2) is 27.9 Å². The maximum absolute atomic E-state index is 13.5. The number of fused-ring (bicyclic) bond motifs is 1. The van der Waals surface area contributed by atoms with E-state index in [0.29, 0.717) is 0 Å². The summed E-state index contributed by atoms with van der Waals surface area (Å²) in [6, 6.07) is 1.19. The molecule has 2 atom stereocenters. The van der Waals surface area contributed by atoms with Crippen molar-refractivity contribution in [3.8, 4) is 0 Å². The molecule has 0 fully saturated rings. The Morgan fingerprint density at radius 3 is 2.83 bits per heavy atom. The summed E-state index contributed by atoms with van der Waals surface area (Å²) in [5.41, 5.74) is 0.124. The zero-order valence-electron chi connectivity index (χ0n) is 13.1. The molecule has 130 valence electrons. The fourth-order valence-electron chi connectivity index (χ4n) is 2.74. The van der Waals surface area contributed by atoms with Gasteiger partial charge >= 0.3 is 6.18 Å². The minimum atomic E-state index is -4.44. The van der Waals surface area contributed by atoms with E-state index < -0.39 is 24.2 Å². The van der Waals surface area contributed by atoms with Gasteiger partial charge in [-0.05, 0) is 25.3 Å². The second kappa shape index (κ2) is 6.12. The Bertz CT molecular complexity index is 724. The molecule has 0 aromatic carbocycles. The Labute approximate surface area is 140 Å². The molecule has 2 aromatic rings. The number of nitrogens with one attached hydrogen (secondary N) is 2. The largest absolute Gasteiger partial charge is 0.410 e. The lowest BCUT2D eigenvalue weighted by Gasteiger charge is -2.33. The Morgan fingerprint density at radius 1 is 1.50 bits per heavy atom. The van der Waals surface area contributed by atoms with Crippen molar-refractivity contribution in [3.63, 3.8) is 0 Å². The van der Waals surface area contributed by atoms with Crippen LogP contribution in [0.5, 0.6) is 0 Å². The number of carbonyl (C=O) groups is 1. The summed E-state index contributed by atoms with van der Waals surface area (Å²) < 4.78 is 41.3. The van der Waals surface area contributed by atoms with Crippen molar-refractivity contribution >= 4 is 23.1 Å². The van der Waals surface area contributed by atoms with Crippen molar-refractivity contribution in [1.29, 1.82) is 0 Å². The molecular formula is C15H17F3N4OS. The second-order valence-electron chi connectivity index (χ2n) is 5.99. The maximum Gasteiger partial charge on any atom is 0.410 e. The van der Waals surface area contributed by atoms with E-state index in [1.54, 1.807) is 26.0 Å². The molecule has 1 aliphatic rings. The number of hydrogen-bond donors (Lipinski definition) is 2. The van der Waals surface area contributed by atoms with E-state index in [1.165, 1.54) is 17.5 Å². The first-order valence-corrected chi connectivity index (χ1v) is 8.40. The van der Waals surface area contributed by atoms with Crippen LogP contribution in [0.4, 0.5) is 19.0 Å². The molecule has 0 saturated carbocycles. The number of anilines is 1. The van der Waals surface area contributed by atoms with E-state index in [0.717, 1.165) is 9.56 Å². The summed E-state index contributed by atoms with van der Waals surface area (Å²) in [5, 5.41) is 11.4. The van der Waals surface area contributed by atoms with Crippen LogP contribution < -0.4 is 10.6 Å². The molecule has 1 amide bonds. The molecule has 5 nitrogen and oxygen atoms in total. The van der Waals surface area contributed by atoms with Crippen molar-refractivity contribution in [2.45, 2.75) is 44.6 Å². The number of nitrogens with zero attached hydrogens (tertiary/aromatic N) is 2. The number of amides is 1. The lowest BCUT2D eigenvalue weighted by molar-refractivity contribution is -0.173. The molecule has 1 aliphatic heterocycles. The average molecular weight is 358 g/mol. The molecule has 0 saturated heterocycles. The van der Waals surface area contributed by atoms with Crippen LogP contribution in [0.1, 0.15) is 47.6 Å². The predicted molar refractivity (Wildman–Crippen MR) is 85.2 cm³/mol. The quantitative estimate of drug-likeness (QED) is 0.879. The molecule has 0 spiro atoms. The van der Waals surface area contributed by atoms with Gasteiger partial charge in [0.05, 0.1) is 12.2 Å². The van der Waals surface area contributed by atoms with E-state index in [1.807, 2.05) is 5.38 Å². The van der Waals surface area contributed by atoms with Crippen molar-refractivity contribution in [2.24, 2.45) is 0 Å². The van der Waals surface area contributed by atoms with Gasteiger partial charge in [0, 0.05) is 17.3 Å². The molecule has 0 unspecified atom stereocenters. The highest BCUT2D eigenvalue weighted by Crippen LogP contribution is 2.44. The summed E-state index contributed by atoms with van der Waals surface area (Å²) in [6.07, 6.45) is -3.41. The van der Waals surface area contributed by atoms with E-state index in [4.69, 9.17) is 0 Å². The van der Waals surface area contributed by atoms with Gasteiger partial charge in [-0.25, -0.2) is 4.68 Å². The van der Waals surface area contributed by atoms with Crippen LogP contribution in [0.3, 0.4) is 0 Å². The molecule has 3 heterocycles. The van der Waals surface area contributed by atoms with Crippen LogP contribution in [0.15, 0.2) is 23.7 Å². The van der Waals surface area contributed by atoms with Crippen LogP contribution >= 0.6 is 11.3 Å². The molecule has 2 aromatic heterocycles. The summed E-state index contributed by atoms with van der Waals surface area (Å²) in [4.78, 5) is 13.1. The van der Waals surface area contributed by atoms with Gasteiger partial charge in [-0.1, -0.05) is 6.07 Å². The van der Waals surface area contributed by atoms with Crippen molar-refractivity contribution in [1.82, 2.24) is 15.1 Å². The molecule has 0 bridgehead atoms. The van der Waals surface area contributed by atoms with Crippen LogP contribution in [-0.2, 0) is 0 Å². The number of aromatic nitrogens is 2. The summed E-state index contributed by atoms with van der Waals surface area (Å²) in [7, 11) is 0. The van der Waals surface area contributed by atoms with Gasteiger partial charge in [0.15, 0.2) is 6.04 Å². The third kappa shape index (κ3) is 3.12. The lowest BCUT2D eigenvalue weighted by atomic mass is 10.0. The number of halogens is 3. The van der Waals surface area contributed by atoms with Crippen molar-refractivity contribution < 1.29 is 18.0 Å². The van der Waals surface area contributed by atoms with Crippen molar-refractivity contribution in [3.05, 3.63) is 34.2 Å². The normalized spacial score (nSPS) is 20.6. The Balaban J connectivity index is 2.00. The van der Waals surface area contributed by atoms with Crippen LogP contribution in [0.25, 0.3) is 0 Å². The number of thiophene rings is 1. The minimum Gasteiger partial charge on any atom is -0.362 e. The molecular weight excluding hydrogens is 341 g/mol. The van der Waals surface area contributed by atoms with Crippen LogP contribution in [0, 0.1) is 0 Å². The topological polar surface area (TPSA) is 59.0 Å². The highest BCUT2D eigenvalue weighted by atomic mass is 32.1. The van der Waals surface area contributed by atoms with E-state index >= 15 is 0 Å². The van der Waals surface area contributed by atoms with Gasteiger partial charge in [0.25, 0.3) is 5.91 Å². The number of rotatable bonds is 3. The summed E-state index contributed by atoms with van der Waals surface area (Å²) in [6.45, 7) is 3.57. The first-order valence-electron chi connectivity index (χ1n) is 7.52.